The van der Waals surface area contributed by atoms with Gasteiger partial charge in [0.1, 0.15) is 0 Å². The summed E-state index contributed by atoms with van der Waals surface area (Å²) in [7, 11) is 0. The highest BCUT2D eigenvalue weighted by Gasteiger charge is 2.15. The van der Waals surface area contributed by atoms with E-state index in [-0.39, 0.29) is 6.04 Å². The minimum absolute atomic E-state index is 0.234. The fraction of sp³-hybridized carbons (Fsp3) is 0.333. The summed E-state index contributed by atoms with van der Waals surface area (Å²) < 4.78 is 25.6. The fourth-order valence-corrected chi connectivity index (χ4v) is 1.39. The minimum Gasteiger partial charge on any atom is -0.381 e. The van der Waals surface area contributed by atoms with Crippen LogP contribution in [-0.2, 0) is 0 Å². The summed E-state index contributed by atoms with van der Waals surface area (Å²) >= 11 is 0. The van der Waals surface area contributed by atoms with Crippen LogP contribution in [0, 0.1) is 11.6 Å². The van der Waals surface area contributed by atoms with Crippen LogP contribution in [0.4, 0.5) is 20.2 Å². The van der Waals surface area contributed by atoms with Crippen LogP contribution >= 0.6 is 0 Å². The number of nitrogens with one attached hydrogen (secondary N) is 2. The van der Waals surface area contributed by atoms with Gasteiger partial charge in [-0.15, -0.1) is 0 Å². The van der Waals surface area contributed by atoms with Crippen molar-refractivity contribution in [3.8, 4) is 0 Å². The normalized spacial score (nSPS) is 20.1. The third kappa shape index (κ3) is 1.43. The Balaban J connectivity index is 2.43. The van der Waals surface area contributed by atoms with Crippen molar-refractivity contribution >= 4 is 11.4 Å². The standard InChI is InChI=1S/C9H10F2N2/c1-5-4-12-8-2-6(10)7(11)3-9(8)13-5/h2-3,5,12-13H,4H2,1H3. The first-order chi connectivity index (χ1) is 6.16. The van der Waals surface area contributed by atoms with E-state index in [0.29, 0.717) is 11.4 Å². The maximum absolute atomic E-state index is 12.8. The average Bonchev–Trinajstić information content (AvgIpc) is 2.08. The van der Waals surface area contributed by atoms with Gasteiger partial charge in [0.05, 0.1) is 11.4 Å². The molecule has 1 atom stereocenters. The molecule has 0 aromatic heterocycles. The highest BCUT2D eigenvalue weighted by Crippen LogP contribution is 2.28. The lowest BCUT2D eigenvalue weighted by Gasteiger charge is -2.25. The second kappa shape index (κ2) is 2.87. The van der Waals surface area contributed by atoms with Crippen molar-refractivity contribution in [2.75, 3.05) is 17.2 Å². The van der Waals surface area contributed by atoms with Crippen molar-refractivity contribution in [1.29, 1.82) is 0 Å². The predicted octanol–water partition coefficient (Wildman–Crippen LogP) is 2.19. The first kappa shape index (κ1) is 8.29. The van der Waals surface area contributed by atoms with Gasteiger partial charge >= 0.3 is 0 Å². The number of rotatable bonds is 0. The Hall–Kier alpha value is -1.32. The first-order valence-corrected chi connectivity index (χ1v) is 4.16. The Morgan fingerprint density at radius 1 is 1.23 bits per heavy atom. The summed E-state index contributed by atoms with van der Waals surface area (Å²) in [4.78, 5) is 0. The van der Waals surface area contributed by atoms with Gasteiger partial charge in [-0.2, -0.15) is 0 Å². The largest absolute Gasteiger partial charge is 0.381 e. The van der Waals surface area contributed by atoms with Crippen LogP contribution in [0.5, 0.6) is 0 Å². The van der Waals surface area contributed by atoms with E-state index in [1.165, 1.54) is 12.1 Å². The van der Waals surface area contributed by atoms with Gasteiger partial charge in [-0.25, -0.2) is 8.78 Å². The SMILES string of the molecule is CC1CNc2cc(F)c(F)cc2N1. The zero-order chi connectivity index (χ0) is 9.42. The maximum atomic E-state index is 12.8. The van der Waals surface area contributed by atoms with Gasteiger partial charge in [-0.05, 0) is 6.92 Å². The summed E-state index contributed by atoms with van der Waals surface area (Å²) in [5.41, 5.74) is 1.25. The van der Waals surface area contributed by atoms with Gasteiger partial charge in [-0.1, -0.05) is 0 Å². The van der Waals surface area contributed by atoms with Crippen LogP contribution in [0.2, 0.25) is 0 Å². The molecule has 13 heavy (non-hydrogen) atoms. The molecule has 0 saturated carbocycles. The molecule has 0 saturated heterocycles. The molecule has 0 spiro atoms. The Kier molecular flexibility index (Phi) is 1.83. The predicted molar refractivity (Wildman–Crippen MR) is 47.9 cm³/mol. The first-order valence-electron chi connectivity index (χ1n) is 4.16. The fourth-order valence-electron chi connectivity index (χ4n) is 1.39. The van der Waals surface area contributed by atoms with Crippen LogP contribution < -0.4 is 10.6 Å². The van der Waals surface area contributed by atoms with E-state index < -0.39 is 11.6 Å². The summed E-state index contributed by atoms with van der Waals surface area (Å²) in [6.07, 6.45) is 0. The highest BCUT2D eigenvalue weighted by atomic mass is 19.2. The van der Waals surface area contributed by atoms with Gasteiger partial charge in [0.15, 0.2) is 11.6 Å². The molecule has 0 bridgehead atoms. The highest BCUT2D eigenvalue weighted by molar-refractivity contribution is 5.71. The van der Waals surface area contributed by atoms with E-state index in [4.69, 9.17) is 0 Å². The lowest BCUT2D eigenvalue weighted by Crippen LogP contribution is -2.30. The van der Waals surface area contributed by atoms with Gasteiger partial charge in [0.25, 0.3) is 0 Å². The van der Waals surface area contributed by atoms with Gasteiger partial charge in [0.2, 0.25) is 0 Å². The van der Waals surface area contributed by atoms with E-state index in [0.717, 1.165) is 6.54 Å². The van der Waals surface area contributed by atoms with Gasteiger partial charge in [-0.3, -0.25) is 0 Å². The Morgan fingerprint density at radius 3 is 2.54 bits per heavy atom. The molecule has 0 aliphatic carbocycles. The van der Waals surface area contributed by atoms with Crippen molar-refractivity contribution in [3.05, 3.63) is 23.8 Å². The molecule has 1 aromatic carbocycles. The zero-order valence-corrected chi connectivity index (χ0v) is 7.20. The summed E-state index contributed by atoms with van der Waals surface area (Å²) in [6, 6.07) is 2.58. The van der Waals surface area contributed by atoms with Crippen LogP contribution in [0.3, 0.4) is 0 Å². The molecule has 70 valence electrons. The second-order valence-corrected chi connectivity index (χ2v) is 3.24. The van der Waals surface area contributed by atoms with Crippen LogP contribution in [0.1, 0.15) is 6.92 Å². The molecule has 0 fully saturated rings. The monoisotopic (exact) mass is 184 g/mol. The quantitative estimate of drug-likeness (QED) is 0.645. The number of benzene rings is 1. The summed E-state index contributed by atoms with van der Waals surface area (Å²) in [6.45, 7) is 2.69. The molecule has 1 aliphatic heterocycles. The number of hydrogen-bond donors (Lipinski definition) is 2. The number of halogens is 2. The molecule has 1 aromatic rings. The molecule has 1 unspecified atom stereocenters. The molecule has 2 N–H and O–H groups in total. The second-order valence-electron chi connectivity index (χ2n) is 3.24. The van der Waals surface area contributed by atoms with Crippen molar-refractivity contribution in [1.82, 2.24) is 0 Å². The number of hydrogen-bond acceptors (Lipinski definition) is 2. The molecular formula is C9H10F2N2. The Bertz CT molecular complexity index is 339. The van der Waals surface area contributed by atoms with Crippen molar-refractivity contribution in [2.45, 2.75) is 13.0 Å². The molecule has 0 radical (unpaired) electrons. The molecule has 0 amide bonds. The number of fused-ring (bicyclic) bond motifs is 1. The van der Waals surface area contributed by atoms with Crippen LogP contribution in [-0.4, -0.2) is 12.6 Å². The van der Waals surface area contributed by atoms with E-state index in [1.807, 2.05) is 6.92 Å². The van der Waals surface area contributed by atoms with E-state index in [2.05, 4.69) is 10.6 Å². The summed E-state index contributed by atoms with van der Waals surface area (Å²) in [5.74, 6) is -1.63. The molecule has 1 heterocycles. The van der Waals surface area contributed by atoms with E-state index in [9.17, 15) is 8.78 Å². The van der Waals surface area contributed by atoms with Crippen LogP contribution in [0.15, 0.2) is 12.1 Å². The lowest BCUT2D eigenvalue weighted by molar-refractivity contribution is 0.509. The van der Waals surface area contributed by atoms with E-state index >= 15 is 0 Å². The number of anilines is 2. The average molecular weight is 184 g/mol. The Labute approximate surface area is 75.0 Å². The zero-order valence-electron chi connectivity index (χ0n) is 7.20. The molecule has 4 heteroatoms. The Morgan fingerprint density at radius 2 is 1.85 bits per heavy atom. The molecule has 2 rings (SSSR count). The molecule has 1 aliphatic rings. The lowest BCUT2D eigenvalue weighted by atomic mass is 10.1. The topological polar surface area (TPSA) is 24.1 Å². The minimum atomic E-state index is -0.817. The molecular weight excluding hydrogens is 174 g/mol. The van der Waals surface area contributed by atoms with E-state index in [1.54, 1.807) is 0 Å². The third-order valence-corrected chi connectivity index (χ3v) is 2.06. The maximum Gasteiger partial charge on any atom is 0.161 e. The molecule has 2 nitrogen and oxygen atoms in total. The van der Waals surface area contributed by atoms with Crippen molar-refractivity contribution < 1.29 is 8.78 Å². The summed E-state index contributed by atoms with van der Waals surface area (Å²) in [5, 5.41) is 6.07. The van der Waals surface area contributed by atoms with Crippen molar-refractivity contribution in [3.63, 3.8) is 0 Å². The third-order valence-electron chi connectivity index (χ3n) is 2.06. The van der Waals surface area contributed by atoms with Gasteiger partial charge < -0.3 is 10.6 Å². The smallest absolute Gasteiger partial charge is 0.161 e. The van der Waals surface area contributed by atoms with Gasteiger partial charge in [0, 0.05) is 24.7 Å². The van der Waals surface area contributed by atoms with Crippen LogP contribution in [0.25, 0.3) is 0 Å². The van der Waals surface area contributed by atoms with Crippen molar-refractivity contribution in [2.24, 2.45) is 0 Å².